The lowest BCUT2D eigenvalue weighted by Crippen LogP contribution is -2.50. The van der Waals surface area contributed by atoms with Crippen LogP contribution in [0.1, 0.15) is 108 Å². The maximum Gasteiger partial charge on any atom is 0.274 e. The molecule has 0 spiro atoms. The predicted octanol–water partition coefficient (Wildman–Crippen LogP) is 6.41. The topological polar surface area (TPSA) is 198 Å². The molecule has 1 aliphatic carbocycles. The van der Waals surface area contributed by atoms with Crippen molar-refractivity contribution < 1.29 is 23.5 Å². The summed E-state index contributed by atoms with van der Waals surface area (Å²) in [6.45, 7) is 7.47. The van der Waals surface area contributed by atoms with Gasteiger partial charge in [0.15, 0.2) is 23.1 Å². The van der Waals surface area contributed by atoms with Crippen molar-refractivity contribution in [3.63, 3.8) is 0 Å². The maximum absolute atomic E-state index is 13.8. The van der Waals surface area contributed by atoms with Crippen molar-refractivity contribution in [1.29, 1.82) is 5.26 Å². The van der Waals surface area contributed by atoms with E-state index in [1.807, 2.05) is 37.3 Å². The predicted molar refractivity (Wildman–Crippen MR) is 233 cm³/mol. The highest BCUT2D eigenvalue weighted by Gasteiger charge is 2.33. The van der Waals surface area contributed by atoms with Crippen LogP contribution in [-0.2, 0) is 6.42 Å². The molecule has 1 N–H and O–H groups in total. The minimum Gasteiger partial charge on any atom is -0.490 e. The van der Waals surface area contributed by atoms with Gasteiger partial charge in [-0.3, -0.25) is 23.9 Å². The second kappa shape index (κ2) is 17.5. The van der Waals surface area contributed by atoms with Gasteiger partial charge in [-0.05, 0) is 88.4 Å². The Balaban J connectivity index is 0.795. The number of aryl methyl sites for hydroxylation is 2. The van der Waals surface area contributed by atoms with Gasteiger partial charge in [0.1, 0.15) is 34.9 Å². The van der Waals surface area contributed by atoms with Crippen molar-refractivity contribution in [1.82, 2.24) is 45.1 Å². The molecule has 4 aromatic heterocycles. The molecule has 9 rings (SSSR count). The number of hydrogen-bond acceptors (Lipinski definition) is 13. The number of hydrogen-bond donors (Lipinski definition) is 1. The summed E-state index contributed by atoms with van der Waals surface area (Å²) in [5.74, 6) is 1.83. The molecular formula is C45H42ClN11O5S. The summed E-state index contributed by atoms with van der Waals surface area (Å²) in [4.78, 5) is 54.4. The van der Waals surface area contributed by atoms with Gasteiger partial charge < -0.3 is 24.3 Å². The van der Waals surface area contributed by atoms with Crippen LogP contribution < -0.4 is 10.1 Å². The number of amides is 3. The number of carbonyl (C=O) groups is 3. The molecule has 0 unspecified atom stereocenters. The number of carbonyl (C=O) groups excluding carboxylic acids is 3. The van der Waals surface area contributed by atoms with Crippen LogP contribution in [0.15, 0.2) is 76.5 Å². The van der Waals surface area contributed by atoms with Crippen LogP contribution in [0.4, 0.5) is 0 Å². The molecule has 2 aliphatic heterocycles. The lowest BCUT2D eigenvalue weighted by atomic mass is 9.93. The normalized spacial score (nSPS) is 18.4. The zero-order valence-corrected chi connectivity index (χ0v) is 36.3. The van der Waals surface area contributed by atoms with Crippen LogP contribution in [0.3, 0.4) is 0 Å². The lowest BCUT2D eigenvalue weighted by Gasteiger charge is -2.34. The molecule has 6 aromatic rings. The highest BCUT2D eigenvalue weighted by Crippen LogP contribution is 2.39. The van der Waals surface area contributed by atoms with Gasteiger partial charge in [-0.2, -0.15) is 5.26 Å². The van der Waals surface area contributed by atoms with Crippen molar-refractivity contribution in [3.8, 4) is 16.8 Å². The molecule has 1 saturated carbocycles. The molecule has 63 heavy (non-hydrogen) atoms. The Morgan fingerprint density at radius 1 is 0.905 bits per heavy atom. The number of halogens is 1. The average molecular weight is 884 g/mol. The number of thiophene rings is 1. The molecule has 18 heteroatoms. The highest BCUT2D eigenvalue weighted by atomic mass is 35.5. The van der Waals surface area contributed by atoms with E-state index in [0.717, 1.165) is 46.1 Å². The number of aromatic nitrogens is 6. The molecule has 2 aromatic carbocycles. The van der Waals surface area contributed by atoms with Crippen LogP contribution in [0.2, 0.25) is 5.02 Å². The number of ether oxygens (including phenoxy) is 1. The molecule has 0 radical (unpaired) electrons. The fraction of sp³-hybridized carbons (Fsp3) is 0.333. The van der Waals surface area contributed by atoms with Crippen molar-refractivity contribution in [3.05, 3.63) is 134 Å². The van der Waals surface area contributed by atoms with Crippen LogP contribution >= 0.6 is 22.9 Å². The number of aliphatic imine (C=N–C) groups is 1. The van der Waals surface area contributed by atoms with Crippen molar-refractivity contribution >= 4 is 46.4 Å². The third-order valence-corrected chi connectivity index (χ3v) is 13.3. The SMILES string of the molecule is Cc1sc2c(c1C)C(c1ccc(C(=O)N3CCN(C(=O)c4ccc(C(=O)N[C@H]5CC[C@H](Oc6ccc(C#N)c(Cl)c6)CC5)nn4)CC3)cc1)=N[C@@H](Cc1ncco1)c1nnc(C)n1-2. The summed E-state index contributed by atoms with van der Waals surface area (Å²) in [6.07, 6.45) is 6.44. The number of piperazine rings is 1. The minimum absolute atomic E-state index is 0.0298. The molecule has 3 amide bonds. The van der Waals surface area contributed by atoms with E-state index in [-0.39, 0.29) is 41.3 Å². The third kappa shape index (κ3) is 8.43. The average Bonchev–Trinajstić information content (AvgIpc) is 4.02. The van der Waals surface area contributed by atoms with Gasteiger partial charge in [0.25, 0.3) is 17.7 Å². The van der Waals surface area contributed by atoms with Gasteiger partial charge in [-0.1, -0.05) is 23.7 Å². The van der Waals surface area contributed by atoms with E-state index in [1.54, 1.807) is 51.8 Å². The van der Waals surface area contributed by atoms with E-state index in [4.69, 9.17) is 31.0 Å². The second-order valence-electron chi connectivity index (χ2n) is 15.8. The molecule has 1 atom stereocenters. The summed E-state index contributed by atoms with van der Waals surface area (Å²) >= 11 is 7.82. The lowest BCUT2D eigenvalue weighted by molar-refractivity contribution is 0.0531. The van der Waals surface area contributed by atoms with Gasteiger partial charge in [-0.25, -0.2) is 4.98 Å². The Labute approximate surface area is 371 Å². The Hall–Kier alpha value is -6.77. The first-order valence-corrected chi connectivity index (χ1v) is 21.9. The van der Waals surface area contributed by atoms with Gasteiger partial charge >= 0.3 is 0 Å². The molecule has 16 nitrogen and oxygen atoms in total. The largest absolute Gasteiger partial charge is 0.490 e. The quantitative estimate of drug-likeness (QED) is 0.168. The summed E-state index contributed by atoms with van der Waals surface area (Å²) in [5.41, 5.74) is 4.97. The van der Waals surface area contributed by atoms with Crippen LogP contribution in [0, 0.1) is 32.1 Å². The Kier molecular flexibility index (Phi) is 11.6. The molecule has 0 bridgehead atoms. The summed E-state index contributed by atoms with van der Waals surface area (Å²) in [6, 6.07) is 17.1. The summed E-state index contributed by atoms with van der Waals surface area (Å²) < 4.78 is 13.8. The molecule has 320 valence electrons. The fourth-order valence-corrected chi connectivity index (χ4v) is 9.70. The van der Waals surface area contributed by atoms with Crippen molar-refractivity contribution in [2.75, 3.05) is 26.2 Å². The van der Waals surface area contributed by atoms with E-state index >= 15 is 0 Å². The number of fused-ring (bicyclic) bond motifs is 3. The molecule has 3 aliphatic rings. The van der Waals surface area contributed by atoms with Gasteiger partial charge in [0.05, 0.1) is 35.0 Å². The van der Waals surface area contributed by atoms with E-state index < -0.39 is 6.04 Å². The number of rotatable bonds is 9. The molecule has 6 heterocycles. The second-order valence-corrected chi connectivity index (χ2v) is 17.4. The Morgan fingerprint density at radius 3 is 2.29 bits per heavy atom. The zero-order valence-electron chi connectivity index (χ0n) is 34.7. The van der Waals surface area contributed by atoms with Gasteiger partial charge in [0.2, 0.25) is 0 Å². The molecule has 2 fully saturated rings. The smallest absolute Gasteiger partial charge is 0.274 e. The maximum atomic E-state index is 13.8. The number of oxazole rings is 1. The van der Waals surface area contributed by atoms with E-state index in [2.05, 4.69) is 49.1 Å². The monoisotopic (exact) mass is 883 g/mol. The first-order chi connectivity index (χ1) is 30.5. The standard InChI is InChI=1S/C45H42ClN11O5S/c1-25-26(2)63-45-39(25)40(50-37(23-38-48-16-21-61-38)41-54-51-27(3)57(41)45)28-4-6-29(7-5-28)43(59)55-17-19-56(20-18-55)44(60)36-15-14-35(52-53-36)42(58)49-31-9-12-32(13-10-31)62-33-11-8-30(24-47)34(46)22-33/h4-8,11,14-16,21-22,31-32,37H,9-10,12-13,17-20,23H2,1-3H3,(H,49,58)/t31-,32-,37-/m0/s1. The van der Waals surface area contributed by atoms with Gasteiger partial charge in [-0.15, -0.1) is 31.7 Å². The van der Waals surface area contributed by atoms with E-state index in [0.29, 0.717) is 79.1 Å². The number of benzene rings is 2. The van der Waals surface area contributed by atoms with Crippen molar-refractivity contribution in [2.24, 2.45) is 4.99 Å². The first kappa shape index (κ1) is 41.6. The number of nitriles is 1. The fourth-order valence-electron chi connectivity index (χ4n) is 8.28. The Morgan fingerprint density at radius 2 is 1.62 bits per heavy atom. The molecule has 1 saturated heterocycles. The minimum atomic E-state index is -0.408. The van der Waals surface area contributed by atoms with Crippen molar-refractivity contribution in [2.45, 2.75) is 71.1 Å². The molecular weight excluding hydrogens is 842 g/mol. The summed E-state index contributed by atoms with van der Waals surface area (Å²) in [7, 11) is 0. The number of nitrogens with zero attached hydrogens (tertiary/aromatic N) is 10. The van der Waals surface area contributed by atoms with Crippen LogP contribution in [0.5, 0.6) is 5.75 Å². The zero-order chi connectivity index (χ0) is 43.8. The van der Waals surface area contributed by atoms with Crippen LogP contribution in [-0.4, -0.2) is 102 Å². The highest BCUT2D eigenvalue weighted by molar-refractivity contribution is 7.15. The third-order valence-electron chi connectivity index (χ3n) is 11.8. The van der Waals surface area contributed by atoms with Gasteiger partial charge in [0, 0.05) is 59.9 Å². The van der Waals surface area contributed by atoms with E-state index in [9.17, 15) is 14.4 Å². The van der Waals surface area contributed by atoms with Crippen LogP contribution in [0.25, 0.3) is 5.00 Å². The Bertz CT molecular complexity index is 2760. The number of nitrogens with one attached hydrogen (secondary N) is 1. The first-order valence-electron chi connectivity index (χ1n) is 20.7. The van der Waals surface area contributed by atoms with E-state index in [1.165, 1.54) is 17.0 Å². The summed E-state index contributed by atoms with van der Waals surface area (Å²) in [5, 5.41) is 30.6.